The van der Waals surface area contributed by atoms with Crippen LogP contribution in [0, 0.1) is 0 Å². The Hall–Kier alpha value is -2.44. The number of ether oxygens (including phenoxy) is 1. The van der Waals surface area contributed by atoms with Gasteiger partial charge in [-0.1, -0.05) is 0 Å². The Labute approximate surface area is 119 Å². The number of carbonyl (C=O) groups is 1. The summed E-state index contributed by atoms with van der Waals surface area (Å²) in [5, 5.41) is 6.16. The first kappa shape index (κ1) is 13.5. The Balaban J connectivity index is 1.74. The van der Waals surface area contributed by atoms with E-state index in [2.05, 4.69) is 10.4 Å². The fraction of sp³-hybridized carbons (Fsp3) is 0.286. The molecule has 1 aromatic carbocycles. The molecule has 0 fully saturated rings. The zero-order chi connectivity index (χ0) is 15.0. The molecule has 0 radical (unpaired) electrons. The molecule has 1 N–H and O–H groups in total. The molecular weight excluding hydrogens is 280 g/mol. The van der Waals surface area contributed by atoms with E-state index in [0.29, 0.717) is 10.4 Å². The van der Waals surface area contributed by atoms with E-state index in [9.17, 15) is 13.6 Å². The molecule has 1 unspecified atom stereocenters. The molecule has 3 rings (SSSR count). The molecule has 0 bridgehead atoms. The van der Waals surface area contributed by atoms with Crippen molar-refractivity contribution in [3.05, 3.63) is 41.7 Å². The largest absolute Gasteiger partial charge is 0.490 e. The van der Waals surface area contributed by atoms with Crippen LogP contribution in [0.25, 0.3) is 0 Å². The summed E-state index contributed by atoms with van der Waals surface area (Å²) in [5.41, 5.74) is 1.54. The Morgan fingerprint density at radius 3 is 3.00 bits per heavy atom. The van der Waals surface area contributed by atoms with Crippen LogP contribution in [0.15, 0.2) is 30.5 Å². The number of rotatable bonds is 3. The number of hydrogen-bond donors (Lipinski definition) is 1. The van der Waals surface area contributed by atoms with Crippen molar-refractivity contribution in [2.45, 2.75) is 26.0 Å². The minimum Gasteiger partial charge on any atom is -0.490 e. The Morgan fingerprint density at radius 1 is 1.48 bits per heavy atom. The summed E-state index contributed by atoms with van der Waals surface area (Å²) in [6.45, 7) is -0.792. The quantitative estimate of drug-likeness (QED) is 0.946. The van der Waals surface area contributed by atoms with Gasteiger partial charge in [-0.2, -0.15) is 13.9 Å². The SMILES string of the molecule is CC1Cc2cc(NC(=O)c3ccn(C(F)F)n3)ccc2O1. The van der Waals surface area contributed by atoms with Crippen molar-refractivity contribution in [1.82, 2.24) is 9.78 Å². The molecule has 1 aliphatic heterocycles. The van der Waals surface area contributed by atoms with E-state index in [1.165, 1.54) is 6.07 Å². The number of aromatic nitrogens is 2. The van der Waals surface area contributed by atoms with E-state index in [1.807, 2.05) is 13.0 Å². The second-order valence-electron chi connectivity index (χ2n) is 4.87. The van der Waals surface area contributed by atoms with Gasteiger partial charge < -0.3 is 10.1 Å². The van der Waals surface area contributed by atoms with E-state index in [-0.39, 0.29) is 11.8 Å². The molecule has 2 aromatic rings. The number of anilines is 1. The topological polar surface area (TPSA) is 56.2 Å². The van der Waals surface area contributed by atoms with Crippen LogP contribution < -0.4 is 10.1 Å². The summed E-state index contributed by atoms with van der Waals surface area (Å²) >= 11 is 0. The molecule has 1 amide bonds. The normalized spacial score (nSPS) is 16.7. The van der Waals surface area contributed by atoms with E-state index in [0.717, 1.165) is 23.9 Å². The highest BCUT2D eigenvalue weighted by Gasteiger charge is 2.20. The number of benzene rings is 1. The molecule has 1 aliphatic rings. The monoisotopic (exact) mass is 293 g/mol. The van der Waals surface area contributed by atoms with Crippen molar-refractivity contribution in [3.63, 3.8) is 0 Å². The Kier molecular flexibility index (Phi) is 3.32. The van der Waals surface area contributed by atoms with Crippen molar-refractivity contribution in [3.8, 4) is 5.75 Å². The van der Waals surface area contributed by atoms with E-state index < -0.39 is 12.5 Å². The van der Waals surface area contributed by atoms with Gasteiger partial charge in [0.05, 0.1) is 0 Å². The lowest BCUT2D eigenvalue weighted by atomic mass is 10.1. The second kappa shape index (κ2) is 5.16. The molecule has 5 nitrogen and oxygen atoms in total. The van der Waals surface area contributed by atoms with Gasteiger partial charge in [0.15, 0.2) is 5.69 Å². The first-order valence-electron chi connectivity index (χ1n) is 6.47. The summed E-state index contributed by atoms with van der Waals surface area (Å²) in [6, 6.07) is 6.56. The van der Waals surface area contributed by atoms with Crippen LogP contribution in [0.5, 0.6) is 5.75 Å². The lowest BCUT2D eigenvalue weighted by molar-refractivity contribution is 0.0561. The molecule has 110 valence electrons. The number of amides is 1. The maximum Gasteiger partial charge on any atom is 0.333 e. The highest BCUT2D eigenvalue weighted by Crippen LogP contribution is 2.31. The number of carbonyl (C=O) groups excluding carboxylic acids is 1. The number of hydrogen-bond acceptors (Lipinski definition) is 3. The summed E-state index contributed by atoms with van der Waals surface area (Å²) in [4.78, 5) is 12.0. The third-order valence-corrected chi connectivity index (χ3v) is 3.19. The molecule has 7 heteroatoms. The van der Waals surface area contributed by atoms with Crippen LogP contribution in [0.1, 0.15) is 29.5 Å². The zero-order valence-corrected chi connectivity index (χ0v) is 11.2. The average molecular weight is 293 g/mol. The van der Waals surface area contributed by atoms with Crippen LogP contribution in [-0.2, 0) is 6.42 Å². The van der Waals surface area contributed by atoms with Gasteiger partial charge in [-0.15, -0.1) is 0 Å². The maximum atomic E-state index is 12.4. The van der Waals surface area contributed by atoms with Crippen molar-refractivity contribution >= 4 is 11.6 Å². The lowest BCUT2D eigenvalue weighted by Gasteiger charge is -2.05. The van der Waals surface area contributed by atoms with Crippen LogP contribution >= 0.6 is 0 Å². The smallest absolute Gasteiger partial charge is 0.333 e. The van der Waals surface area contributed by atoms with Crippen LogP contribution in [0.3, 0.4) is 0 Å². The number of alkyl halides is 2. The van der Waals surface area contributed by atoms with Gasteiger partial charge in [-0.25, -0.2) is 4.68 Å². The fourth-order valence-corrected chi connectivity index (χ4v) is 2.26. The number of halogens is 2. The van der Waals surface area contributed by atoms with E-state index in [1.54, 1.807) is 12.1 Å². The number of nitrogens with zero attached hydrogens (tertiary/aromatic N) is 2. The summed E-state index contributed by atoms with van der Waals surface area (Å²) < 4.78 is 30.8. The van der Waals surface area contributed by atoms with Crippen molar-refractivity contribution in [1.29, 1.82) is 0 Å². The van der Waals surface area contributed by atoms with Crippen LogP contribution in [-0.4, -0.2) is 21.8 Å². The summed E-state index contributed by atoms with van der Waals surface area (Å²) in [6.07, 6.45) is 1.96. The zero-order valence-electron chi connectivity index (χ0n) is 11.2. The molecule has 0 saturated heterocycles. The second-order valence-corrected chi connectivity index (χ2v) is 4.87. The number of fused-ring (bicyclic) bond motifs is 1. The molecule has 21 heavy (non-hydrogen) atoms. The average Bonchev–Trinajstić information content (AvgIpc) is 3.03. The molecule has 0 aliphatic carbocycles. The van der Waals surface area contributed by atoms with Crippen molar-refractivity contribution in [2.24, 2.45) is 0 Å². The van der Waals surface area contributed by atoms with Gasteiger partial charge in [-0.05, 0) is 36.8 Å². The van der Waals surface area contributed by atoms with Gasteiger partial charge in [0.25, 0.3) is 5.91 Å². The van der Waals surface area contributed by atoms with Crippen molar-refractivity contribution in [2.75, 3.05) is 5.32 Å². The summed E-state index contributed by atoms with van der Waals surface area (Å²) in [5.74, 6) is 0.281. The van der Waals surface area contributed by atoms with Gasteiger partial charge in [0.2, 0.25) is 0 Å². The predicted octanol–water partition coefficient (Wildman–Crippen LogP) is 2.85. The Bertz CT molecular complexity index is 685. The van der Waals surface area contributed by atoms with Gasteiger partial charge in [-0.3, -0.25) is 4.79 Å². The molecule has 0 saturated carbocycles. The van der Waals surface area contributed by atoms with Crippen molar-refractivity contribution < 1.29 is 18.3 Å². The standard InChI is InChI=1S/C14H13F2N3O2/c1-8-6-9-7-10(2-3-12(9)21-8)17-13(20)11-4-5-19(18-11)14(15)16/h2-5,7-8,14H,6H2,1H3,(H,17,20). The molecule has 2 heterocycles. The first-order chi connectivity index (χ1) is 10.0. The van der Waals surface area contributed by atoms with Crippen LogP contribution in [0.2, 0.25) is 0 Å². The third kappa shape index (κ3) is 2.72. The maximum absolute atomic E-state index is 12.4. The highest BCUT2D eigenvalue weighted by molar-refractivity contribution is 6.02. The van der Waals surface area contributed by atoms with Crippen LogP contribution in [0.4, 0.5) is 14.5 Å². The predicted molar refractivity (Wildman–Crippen MR) is 71.7 cm³/mol. The van der Waals surface area contributed by atoms with E-state index in [4.69, 9.17) is 4.74 Å². The van der Waals surface area contributed by atoms with Gasteiger partial charge in [0.1, 0.15) is 11.9 Å². The minimum absolute atomic E-state index is 0.0552. The third-order valence-electron chi connectivity index (χ3n) is 3.19. The molecule has 0 spiro atoms. The number of nitrogens with one attached hydrogen (secondary N) is 1. The minimum atomic E-state index is -2.76. The molecule has 1 aromatic heterocycles. The lowest BCUT2D eigenvalue weighted by Crippen LogP contribution is -2.13. The molecule has 1 atom stereocenters. The molecular formula is C14H13F2N3O2. The van der Waals surface area contributed by atoms with E-state index >= 15 is 0 Å². The highest BCUT2D eigenvalue weighted by atomic mass is 19.3. The van der Waals surface area contributed by atoms with Gasteiger partial charge >= 0.3 is 6.55 Å². The first-order valence-corrected chi connectivity index (χ1v) is 6.47. The fourth-order valence-electron chi connectivity index (χ4n) is 2.26. The summed E-state index contributed by atoms with van der Waals surface area (Å²) in [7, 11) is 0. The van der Waals surface area contributed by atoms with Gasteiger partial charge in [0, 0.05) is 18.3 Å². The Morgan fingerprint density at radius 2 is 2.29 bits per heavy atom.